The second-order valence-electron chi connectivity index (χ2n) is 8.11. The molecule has 0 atom stereocenters. The minimum atomic E-state index is -0.629. The summed E-state index contributed by atoms with van der Waals surface area (Å²) in [5.74, 6) is 0.437. The number of rotatable bonds is 7. The van der Waals surface area contributed by atoms with Gasteiger partial charge in [-0.05, 0) is 58.5 Å². The molecule has 6 nitrogen and oxygen atoms in total. The second kappa shape index (κ2) is 10.2. The molecule has 0 aromatic heterocycles. The van der Waals surface area contributed by atoms with Gasteiger partial charge in [-0.15, -0.1) is 0 Å². The van der Waals surface area contributed by atoms with Gasteiger partial charge in [-0.1, -0.05) is 44.6 Å². The Morgan fingerprint density at radius 3 is 2.33 bits per heavy atom. The van der Waals surface area contributed by atoms with Crippen LogP contribution >= 0.6 is 15.9 Å². The molecule has 1 aromatic rings. The normalized spacial score (nSPS) is 18.2. The zero-order valence-corrected chi connectivity index (χ0v) is 19.2. The van der Waals surface area contributed by atoms with Crippen LogP contribution < -0.4 is 4.74 Å². The molecule has 1 aliphatic heterocycles. The zero-order chi connectivity index (χ0) is 21.7. The second-order valence-corrected chi connectivity index (χ2v) is 8.96. The van der Waals surface area contributed by atoms with E-state index < -0.39 is 17.8 Å². The van der Waals surface area contributed by atoms with Crippen molar-refractivity contribution in [3.63, 3.8) is 0 Å². The molecule has 0 N–H and O–H groups in total. The molecule has 7 heteroatoms. The summed E-state index contributed by atoms with van der Waals surface area (Å²) in [5, 5.41) is 0. The van der Waals surface area contributed by atoms with E-state index in [2.05, 4.69) is 15.9 Å². The molecule has 1 heterocycles. The SMILES string of the molecule is CN1C(=O)C(=Cc2ccc(OCCCCC3CCCCC3)c(Br)c2)C(=O)N(C)C1=O. The molecule has 0 unspecified atom stereocenters. The number of benzene rings is 1. The van der Waals surface area contributed by atoms with Crippen LogP contribution in [0.4, 0.5) is 4.79 Å². The van der Waals surface area contributed by atoms with Gasteiger partial charge in [0.1, 0.15) is 11.3 Å². The van der Waals surface area contributed by atoms with Gasteiger partial charge in [-0.2, -0.15) is 0 Å². The number of carbonyl (C=O) groups excluding carboxylic acids is 3. The highest BCUT2D eigenvalue weighted by Gasteiger charge is 2.37. The van der Waals surface area contributed by atoms with Gasteiger partial charge < -0.3 is 4.74 Å². The van der Waals surface area contributed by atoms with E-state index in [1.807, 2.05) is 6.07 Å². The molecule has 4 amide bonds. The maximum absolute atomic E-state index is 12.3. The maximum atomic E-state index is 12.3. The van der Waals surface area contributed by atoms with Crippen LogP contribution in [-0.2, 0) is 9.59 Å². The standard InChI is InChI=1S/C23H29BrN2O4/c1-25-21(27)18(22(28)26(2)23(25)29)14-17-11-12-20(19(24)15-17)30-13-7-6-10-16-8-4-3-5-9-16/h11-12,14-16H,3-10,13H2,1-2H3. The lowest BCUT2D eigenvalue weighted by atomic mass is 9.86. The van der Waals surface area contributed by atoms with E-state index in [0.29, 0.717) is 12.2 Å². The lowest BCUT2D eigenvalue weighted by Crippen LogP contribution is -2.52. The smallest absolute Gasteiger partial charge is 0.333 e. The first-order chi connectivity index (χ1) is 14.4. The Hall–Kier alpha value is -2.15. The van der Waals surface area contributed by atoms with Crippen molar-refractivity contribution in [2.45, 2.75) is 51.4 Å². The van der Waals surface area contributed by atoms with E-state index in [1.165, 1.54) is 65.1 Å². The Bertz CT molecular complexity index is 820. The summed E-state index contributed by atoms with van der Waals surface area (Å²) < 4.78 is 6.66. The Balaban J connectivity index is 1.55. The maximum Gasteiger partial charge on any atom is 0.333 e. The fraction of sp³-hybridized carbons (Fsp3) is 0.522. The van der Waals surface area contributed by atoms with Crippen molar-refractivity contribution in [3.05, 3.63) is 33.8 Å². The number of ether oxygens (including phenoxy) is 1. The average Bonchev–Trinajstić information content (AvgIpc) is 2.75. The number of hydrogen-bond donors (Lipinski definition) is 0. The van der Waals surface area contributed by atoms with Crippen molar-refractivity contribution in [1.82, 2.24) is 9.80 Å². The molecule has 0 spiro atoms. The minimum absolute atomic E-state index is 0.0390. The van der Waals surface area contributed by atoms with Gasteiger partial charge in [0.2, 0.25) is 0 Å². The number of imide groups is 2. The van der Waals surface area contributed by atoms with Crippen LogP contribution in [0, 0.1) is 5.92 Å². The number of unbranched alkanes of at least 4 members (excludes halogenated alkanes) is 1. The predicted molar refractivity (Wildman–Crippen MR) is 119 cm³/mol. The van der Waals surface area contributed by atoms with Crippen molar-refractivity contribution >= 4 is 39.9 Å². The summed E-state index contributed by atoms with van der Waals surface area (Å²) in [6.45, 7) is 0.667. The largest absolute Gasteiger partial charge is 0.492 e. The van der Waals surface area contributed by atoms with Crippen LogP contribution in [0.15, 0.2) is 28.2 Å². The van der Waals surface area contributed by atoms with E-state index >= 15 is 0 Å². The van der Waals surface area contributed by atoms with Gasteiger partial charge >= 0.3 is 6.03 Å². The van der Waals surface area contributed by atoms with Crippen molar-refractivity contribution in [3.8, 4) is 5.75 Å². The van der Waals surface area contributed by atoms with E-state index in [0.717, 1.165) is 32.4 Å². The van der Waals surface area contributed by atoms with Gasteiger partial charge in [-0.25, -0.2) is 4.79 Å². The Morgan fingerprint density at radius 2 is 1.70 bits per heavy atom. The lowest BCUT2D eigenvalue weighted by Gasteiger charge is -2.28. The summed E-state index contributed by atoms with van der Waals surface area (Å²) in [6.07, 6.45) is 12.0. The van der Waals surface area contributed by atoms with Crippen molar-refractivity contribution < 1.29 is 19.1 Å². The van der Waals surface area contributed by atoms with Crippen LogP contribution in [-0.4, -0.2) is 48.3 Å². The third kappa shape index (κ3) is 5.31. The monoisotopic (exact) mass is 476 g/mol. The molecule has 1 aromatic carbocycles. The molecule has 162 valence electrons. The van der Waals surface area contributed by atoms with E-state index in [4.69, 9.17) is 4.74 Å². The van der Waals surface area contributed by atoms with E-state index in [9.17, 15) is 14.4 Å². The molecule has 0 radical (unpaired) electrons. The van der Waals surface area contributed by atoms with Crippen molar-refractivity contribution in [1.29, 1.82) is 0 Å². The third-order valence-electron chi connectivity index (χ3n) is 5.90. The summed E-state index contributed by atoms with van der Waals surface area (Å²) >= 11 is 3.51. The molecule has 1 aliphatic carbocycles. The Kier molecular flexibility index (Phi) is 7.69. The van der Waals surface area contributed by atoms with Crippen LogP contribution in [0.5, 0.6) is 5.75 Å². The van der Waals surface area contributed by atoms with Crippen LogP contribution in [0.1, 0.15) is 56.9 Å². The topological polar surface area (TPSA) is 66.9 Å². The van der Waals surface area contributed by atoms with Crippen LogP contribution in [0.25, 0.3) is 6.08 Å². The van der Waals surface area contributed by atoms with Gasteiger partial charge in [0.25, 0.3) is 11.8 Å². The lowest BCUT2D eigenvalue weighted by molar-refractivity contribution is -0.134. The van der Waals surface area contributed by atoms with Crippen molar-refractivity contribution in [2.75, 3.05) is 20.7 Å². The number of hydrogen-bond acceptors (Lipinski definition) is 4. The van der Waals surface area contributed by atoms with E-state index in [1.54, 1.807) is 12.1 Å². The molecule has 0 bridgehead atoms. The first kappa shape index (κ1) is 22.5. The summed E-state index contributed by atoms with van der Waals surface area (Å²) in [4.78, 5) is 38.3. The highest BCUT2D eigenvalue weighted by Crippen LogP contribution is 2.29. The third-order valence-corrected chi connectivity index (χ3v) is 6.52. The number of barbiturate groups is 1. The molecular weight excluding hydrogens is 448 g/mol. The fourth-order valence-corrected chi connectivity index (χ4v) is 4.57. The minimum Gasteiger partial charge on any atom is -0.492 e. The summed E-state index contributed by atoms with van der Waals surface area (Å²) in [7, 11) is 2.73. The van der Waals surface area contributed by atoms with E-state index in [-0.39, 0.29) is 5.57 Å². The van der Waals surface area contributed by atoms with Crippen molar-refractivity contribution in [2.24, 2.45) is 5.92 Å². The summed E-state index contributed by atoms with van der Waals surface area (Å²) in [6, 6.07) is 4.80. The Morgan fingerprint density at radius 1 is 1.03 bits per heavy atom. The first-order valence-electron chi connectivity index (χ1n) is 10.6. The highest BCUT2D eigenvalue weighted by atomic mass is 79.9. The highest BCUT2D eigenvalue weighted by molar-refractivity contribution is 9.10. The fourth-order valence-electron chi connectivity index (χ4n) is 4.06. The number of halogens is 1. The number of nitrogens with zero attached hydrogens (tertiary/aromatic N) is 2. The number of urea groups is 1. The molecular formula is C23H29BrN2O4. The molecule has 2 aliphatic rings. The van der Waals surface area contributed by atoms with Crippen LogP contribution in [0.3, 0.4) is 0 Å². The van der Waals surface area contributed by atoms with Gasteiger partial charge in [0.05, 0.1) is 11.1 Å². The molecule has 3 rings (SSSR count). The predicted octanol–water partition coefficient (Wildman–Crippen LogP) is 5.01. The molecule has 30 heavy (non-hydrogen) atoms. The van der Waals surface area contributed by atoms with Gasteiger partial charge in [0.15, 0.2) is 0 Å². The molecule has 1 saturated heterocycles. The molecule has 1 saturated carbocycles. The van der Waals surface area contributed by atoms with Gasteiger partial charge in [0, 0.05) is 14.1 Å². The number of likely N-dealkylation sites (N-methyl/N-ethyl adjacent to an activating group) is 2. The zero-order valence-electron chi connectivity index (χ0n) is 17.7. The number of amides is 4. The van der Waals surface area contributed by atoms with Gasteiger partial charge in [-0.3, -0.25) is 19.4 Å². The quantitative estimate of drug-likeness (QED) is 0.315. The number of carbonyl (C=O) groups is 3. The summed E-state index contributed by atoms with van der Waals surface area (Å²) in [5.41, 5.74) is 0.641. The Labute approximate surface area is 186 Å². The average molecular weight is 477 g/mol. The molecule has 2 fully saturated rings. The van der Waals surface area contributed by atoms with Crippen LogP contribution in [0.2, 0.25) is 0 Å². The first-order valence-corrected chi connectivity index (χ1v) is 11.4.